The van der Waals surface area contributed by atoms with Crippen molar-refractivity contribution in [3.8, 4) is 33.4 Å². The third kappa shape index (κ3) is 5.58. The summed E-state index contributed by atoms with van der Waals surface area (Å²) in [7, 11) is 0. The molecule has 0 bridgehead atoms. The van der Waals surface area contributed by atoms with Gasteiger partial charge in [0, 0.05) is 5.41 Å². The predicted molar refractivity (Wildman–Crippen MR) is 237 cm³/mol. The van der Waals surface area contributed by atoms with Gasteiger partial charge in [0.1, 0.15) is 0 Å². The van der Waals surface area contributed by atoms with Crippen LogP contribution in [0.15, 0.2) is 133 Å². The molecule has 1 aliphatic carbocycles. The van der Waals surface area contributed by atoms with Crippen molar-refractivity contribution >= 4 is 49.2 Å². The standard InChI is InChI=1S/C54H50/c1-32(2)37-16-21-44-43-20-19-40(35-12-10-9-11-13-35)26-42(43)30-50(47(44)27-37)53-46-23-18-38(33(3)4)28-48(46)52(45-22-17-39(34(5)6)29-49(45)53)41-15-14-36-24-25-54(7,8)51(36)31-41/h9-34H,1-8H3. The van der Waals surface area contributed by atoms with Crippen LogP contribution >= 0.6 is 0 Å². The lowest BCUT2D eigenvalue weighted by molar-refractivity contribution is 0.684. The van der Waals surface area contributed by atoms with Gasteiger partial charge in [-0.1, -0.05) is 177 Å². The zero-order chi connectivity index (χ0) is 37.5. The highest BCUT2D eigenvalue weighted by Gasteiger charge is 2.27. The van der Waals surface area contributed by atoms with Crippen molar-refractivity contribution in [1.29, 1.82) is 0 Å². The second-order valence-electron chi connectivity index (χ2n) is 17.2. The molecule has 0 spiro atoms. The number of benzene rings is 8. The Hall–Kier alpha value is -5.46. The van der Waals surface area contributed by atoms with Gasteiger partial charge in [-0.2, -0.15) is 0 Å². The second-order valence-corrected chi connectivity index (χ2v) is 17.2. The van der Waals surface area contributed by atoms with Crippen molar-refractivity contribution in [2.24, 2.45) is 0 Å². The van der Waals surface area contributed by atoms with Gasteiger partial charge in [0.25, 0.3) is 0 Å². The highest BCUT2D eigenvalue weighted by atomic mass is 14.3. The summed E-state index contributed by atoms with van der Waals surface area (Å²) in [6, 6.07) is 49.4. The Labute approximate surface area is 321 Å². The maximum atomic E-state index is 2.51. The molecule has 0 amide bonds. The van der Waals surface area contributed by atoms with E-state index in [0.29, 0.717) is 17.8 Å². The summed E-state index contributed by atoms with van der Waals surface area (Å²) in [4.78, 5) is 0. The molecule has 0 atom stereocenters. The molecule has 0 aliphatic heterocycles. The average molecular weight is 699 g/mol. The normalized spacial score (nSPS) is 13.8. The van der Waals surface area contributed by atoms with E-state index < -0.39 is 0 Å². The van der Waals surface area contributed by atoms with Crippen LogP contribution in [0.4, 0.5) is 0 Å². The Bertz CT molecular complexity index is 2800. The van der Waals surface area contributed by atoms with Crippen LogP contribution in [0, 0.1) is 0 Å². The van der Waals surface area contributed by atoms with Gasteiger partial charge in [0.2, 0.25) is 0 Å². The fraction of sp³-hybridized carbons (Fsp3) is 0.222. The monoisotopic (exact) mass is 698 g/mol. The summed E-state index contributed by atoms with van der Waals surface area (Å²) in [5.74, 6) is 1.25. The molecule has 0 N–H and O–H groups in total. The van der Waals surface area contributed by atoms with Crippen LogP contribution in [0.3, 0.4) is 0 Å². The molecule has 0 saturated heterocycles. The fourth-order valence-corrected chi connectivity index (χ4v) is 8.94. The minimum Gasteiger partial charge on any atom is -0.0739 e. The van der Waals surface area contributed by atoms with Crippen LogP contribution in [0.5, 0.6) is 0 Å². The van der Waals surface area contributed by atoms with Crippen LogP contribution in [-0.2, 0) is 5.41 Å². The first-order valence-corrected chi connectivity index (χ1v) is 19.9. The second kappa shape index (κ2) is 12.8. The van der Waals surface area contributed by atoms with E-state index >= 15 is 0 Å². The molecule has 0 unspecified atom stereocenters. The van der Waals surface area contributed by atoms with Crippen LogP contribution in [-0.4, -0.2) is 0 Å². The summed E-state index contributed by atoms with van der Waals surface area (Å²) in [6.07, 6.45) is 4.65. The first-order valence-electron chi connectivity index (χ1n) is 19.9. The molecule has 0 saturated carbocycles. The molecule has 266 valence electrons. The maximum Gasteiger partial charge on any atom is 0.00847 e. The van der Waals surface area contributed by atoms with Crippen LogP contribution in [0.2, 0.25) is 0 Å². The highest BCUT2D eigenvalue weighted by Crippen LogP contribution is 2.49. The van der Waals surface area contributed by atoms with Crippen molar-refractivity contribution < 1.29 is 0 Å². The number of allylic oxidation sites excluding steroid dienone is 1. The topological polar surface area (TPSA) is 0 Å². The van der Waals surface area contributed by atoms with Gasteiger partial charge >= 0.3 is 0 Å². The molecule has 0 aromatic heterocycles. The molecular weight excluding hydrogens is 649 g/mol. The third-order valence-corrected chi connectivity index (χ3v) is 12.2. The van der Waals surface area contributed by atoms with Gasteiger partial charge in [-0.3, -0.25) is 0 Å². The van der Waals surface area contributed by atoms with Crippen molar-refractivity contribution in [3.63, 3.8) is 0 Å². The largest absolute Gasteiger partial charge is 0.0739 e. The third-order valence-electron chi connectivity index (χ3n) is 12.2. The van der Waals surface area contributed by atoms with E-state index in [4.69, 9.17) is 0 Å². The Morgan fingerprint density at radius 3 is 1.61 bits per heavy atom. The van der Waals surface area contributed by atoms with E-state index in [-0.39, 0.29) is 5.41 Å². The Kier molecular flexibility index (Phi) is 8.16. The molecule has 0 heteroatoms. The minimum absolute atomic E-state index is 0.00152. The summed E-state index contributed by atoms with van der Waals surface area (Å²) in [5.41, 5.74) is 14.6. The van der Waals surface area contributed by atoms with Crippen LogP contribution in [0.25, 0.3) is 82.5 Å². The highest BCUT2D eigenvalue weighted by molar-refractivity contribution is 6.26. The molecule has 9 rings (SSSR count). The zero-order valence-electron chi connectivity index (χ0n) is 33.0. The van der Waals surface area contributed by atoms with Crippen LogP contribution in [0.1, 0.15) is 101 Å². The van der Waals surface area contributed by atoms with E-state index in [1.54, 1.807) is 0 Å². The molecule has 0 fully saturated rings. The van der Waals surface area contributed by atoms with Crippen molar-refractivity contribution in [2.45, 2.75) is 78.6 Å². The van der Waals surface area contributed by atoms with Crippen LogP contribution < -0.4 is 0 Å². The molecule has 1 aliphatic rings. The number of fused-ring (bicyclic) bond motifs is 6. The molecule has 0 heterocycles. The molecule has 0 radical (unpaired) electrons. The number of hydrogen-bond donors (Lipinski definition) is 0. The molecule has 8 aromatic rings. The summed E-state index contributed by atoms with van der Waals surface area (Å²) in [5, 5.41) is 10.5. The van der Waals surface area contributed by atoms with E-state index in [1.807, 2.05) is 0 Å². The smallest absolute Gasteiger partial charge is 0.00847 e. The zero-order valence-corrected chi connectivity index (χ0v) is 33.0. The molecular formula is C54H50. The van der Waals surface area contributed by atoms with E-state index in [9.17, 15) is 0 Å². The summed E-state index contributed by atoms with van der Waals surface area (Å²) >= 11 is 0. The average Bonchev–Trinajstić information content (AvgIpc) is 3.49. The fourth-order valence-electron chi connectivity index (χ4n) is 8.94. The quantitative estimate of drug-likeness (QED) is 0.120. The molecule has 8 aromatic carbocycles. The van der Waals surface area contributed by atoms with Crippen molar-refractivity contribution in [3.05, 3.63) is 161 Å². The maximum absolute atomic E-state index is 2.51. The minimum atomic E-state index is 0.00152. The van der Waals surface area contributed by atoms with Gasteiger partial charge < -0.3 is 0 Å². The lowest BCUT2D eigenvalue weighted by atomic mass is 9.80. The lowest BCUT2D eigenvalue weighted by Crippen LogP contribution is -2.10. The number of rotatable bonds is 6. The molecule has 0 nitrogen and oxygen atoms in total. The first kappa shape index (κ1) is 34.3. The van der Waals surface area contributed by atoms with Gasteiger partial charge in [-0.15, -0.1) is 0 Å². The summed E-state index contributed by atoms with van der Waals surface area (Å²) < 4.78 is 0. The summed E-state index contributed by atoms with van der Waals surface area (Å²) in [6.45, 7) is 18.6. The van der Waals surface area contributed by atoms with Gasteiger partial charge in [-0.25, -0.2) is 0 Å². The van der Waals surface area contributed by atoms with Crippen molar-refractivity contribution in [1.82, 2.24) is 0 Å². The number of hydrogen-bond acceptors (Lipinski definition) is 0. The SMILES string of the molecule is CC(C)c1ccc2c(-c3cc4cc(-c5ccccc5)ccc4c4ccc(C(C)C)cc34)c3cc(C(C)C)ccc3c(-c3ccc4c(c3)C(C)(C)C=C4)c2c1. The van der Waals surface area contributed by atoms with Crippen molar-refractivity contribution in [2.75, 3.05) is 0 Å². The van der Waals surface area contributed by atoms with Gasteiger partial charge in [0.05, 0.1) is 0 Å². The first-order chi connectivity index (χ1) is 26.0. The van der Waals surface area contributed by atoms with Gasteiger partial charge in [-0.05, 0) is 140 Å². The van der Waals surface area contributed by atoms with E-state index in [1.165, 1.54) is 104 Å². The van der Waals surface area contributed by atoms with Gasteiger partial charge in [0.15, 0.2) is 0 Å². The Morgan fingerprint density at radius 2 is 0.963 bits per heavy atom. The van der Waals surface area contributed by atoms with E-state index in [0.717, 1.165) is 0 Å². The van der Waals surface area contributed by atoms with E-state index in [2.05, 4.69) is 195 Å². The Morgan fingerprint density at radius 1 is 0.407 bits per heavy atom. The molecule has 54 heavy (non-hydrogen) atoms. The predicted octanol–water partition coefficient (Wildman–Crippen LogP) is 16.0. The Balaban J connectivity index is 1.46. The lowest BCUT2D eigenvalue weighted by Gasteiger charge is -2.23.